The molecule has 94 valence electrons. The Labute approximate surface area is 113 Å². The topological polar surface area (TPSA) is 12.0 Å². The van der Waals surface area contributed by atoms with Gasteiger partial charge in [-0.05, 0) is 59.9 Å². The van der Waals surface area contributed by atoms with Gasteiger partial charge < -0.3 is 5.32 Å². The van der Waals surface area contributed by atoms with Crippen LogP contribution in [0, 0.1) is 6.92 Å². The zero-order valence-corrected chi connectivity index (χ0v) is 11.6. The molecule has 2 heteroatoms. The molecule has 0 saturated heterocycles. The van der Waals surface area contributed by atoms with Crippen LogP contribution >= 0.6 is 11.3 Å². The molecule has 1 heterocycles. The van der Waals surface area contributed by atoms with Crippen LogP contribution in [0.4, 0.5) is 0 Å². The molecule has 2 aromatic rings. The van der Waals surface area contributed by atoms with Crippen LogP contribution < -0.4 is 5.32 Å². The molecule has 0 unspecified atom stereocenters. The van der Waals surface area contributed by atoms with Gasteiger partial charge in [-0.3, -0.25) is 0 Å². The second kappa shape index (κ2) is 5.25. The van der Waals surface area contributed by atoms with Crippen LogP contribution in [0.25, 0.3) is 0 Å². The van der Waals surface area contributed by atoms with Crippen molar-refractivity contribution in [3.8, 4) is 0 Å². The molecule has 0 atom stereocenters. The molecule has 0 saturated carbocycles. The van der Waals surface area contributed by atoms with E-state index in [1.54, 1.807) is 11.1 Å². The number of thiophene rings is 1. The monoisotopic (exact) mass is 257 g/mol. The summed E-state index contributed by atoms with van der Waals surface area (Å²) in [6.07, 6.45) is 3.88. The minimum Gasteiger partial charge on any atom is -0.308 e. The maximum Gasteiger partial charge on any atom is 0.0305 e. The molecule has 1 aliphatic rings. The number of fused-ring (bicyclic) bond motifs is 1. The number of aryl methyl sites for hydroxylation is 3. The van der Waals surface area contributed by atoms with Crippen molar-refractivity contribution >= 4 is 11.3 Å². The number of hydrogen-bond donors (Lipinski definition) is 1. The smallest absolute Gasteiger partial charge is 0.0305 e. The first-order chi connectivity index (χ1) is 8.83. The quantitative estimate of drug-likeness (QED) is 0.877. The van der Waals surface area contributed by atoms with Gasteiger partial charge in [0.25, 0.3) is 0 Å². The van der Waals surface area contributed by atoms with E-state index in [1.807, 2.05) is 11.3 Å². The Hall–Kier alpha value is -1.12. The summed E-state index contributed by atoms with van der Waals surface area (Å²) in [5.41, 5.74) is 5.96. The Morgan fingerprint density at radius 1 is 1.11 bits per heavy atom. The van der Waals surface area contributed by atoms with Gasteiger partial charge in [0.1, 0.15) is 0 Å². The zero-order chi connectivity index (χ0) is 12.4. The summed E-state index contributed by atoms with van der Waals surface area (Å²) in [6, 6.07) is 9.17. The minimum atomic E-state index is 0.977. The van der Waals surface area contributed by atoms with Crippen LogP contribution in [-0.2, 0) is 25.9 Å². The first kappa shape index (κ1) is 11.9. The van der Waals surface area contributed by atoms with Gasteiger partial charge in [-0.1, -0.05) is 18.2 Å². The molecular formula is C16H19NS. The summed E-state index contributed by atoms with van der Waals surface area (Å²) in [4.78, 5) is 1.45. The van der Waals surface area contributed by atoms with Crippen molar-refractivity contribution in [3.05, 3.63) is 56.8 Å². The normalized spacial score (nSPS) is 13.8. The lowest BCUT2D eigenvalue weighted by Crippen LogP contribution is -2.12. The van der Waals surface area contributed by atoms with E-state index in [1.165, 1.54) is 35.3 Å². The highest BCUT2D eigenvalue weighted by atomic mass is 32.1. The summed E-state index contributed by atoms with van der Waals surface area (Å²) < 4.78 is 0. The van der Waals surface area contributed by atoms with Crippen LogP contribution in [0.15, 0.2) is 29.6 Å². The van der Waals surface area contributed by atoms with E-state index in [0.29, 0.717) is 0 Å². The molecule has 0 spiro atoms. The van der Waals surface area contributed by atoms with Crippen molar-refractivity contribution in [1.29, 1.82) is 0 Å². The zero-order valence-electron chi connectivity index (χ0n) is 10.8. The van der Waals surface area contributed by atoms with Crippen LogP contribution in [0.1, 0.15) is 33.6 Å². The summed E-state index contributed by atoms with van der Waals surface area (Å²) in [6.45, 7) is 4.15. The Balaban J connectivity index is 1.59. The van der Waals surface area contributed by atoms with Gasteiger partial charge in [-0.2, -0.15) is 0 Å². The van der Waals surface area contributed by atoms with Crippen molar-refractivity contribution < 1.29 is 0 Å². The van der Waals surface area contributed by atoms with E-state index in [2.05, 4.69) is 41.9 Å². The largest absolute Gasteiger partial charge is 0.308 e. The molecule has 1 N–H and O–H groups in total. The van der Waals surface area contributed by atoms with Crippen molar-refractivity contribution in [1.82, 2.24) is 5.32 Å². The minimum absolute atomic E-state index is 0.977. The highest BCUT2D eigenvalue weighted by Crippen LogP contribution is 2.23. The van der Waals surface area contributed by atoms with Crippen LogP contribution in [0.5, 0.6) is 0 Å². The molecular weight excluding hydrogens is 238 g/mol. The van der Waals surface area contributed by atoms with E-state index >= 15 is 0 Å². The fraction of sp³-hybridized carbons (Fsp3) is 0.375. The van der Waals surface area contributed by atoms with Gasteiger partial charge in [-0.25, -0.2) is 0 Å². The summed E-state index contributed by atoms with van der Waals surface area (Å²) >= 11 is 1.84. The second-order valence-corrected chi connectivity index (χ2v) is 6.09. The Kier molecular flexibility index (Phi) is 3.48. The summed E-state index contributed by atoms with van der Waals surface area (Å²) in [5.74, 6) is 0. The average molecular weight is 257 g/mol. The van der Waals surface area contributed by atoms with Crippen LogP contribution in [-0.4, -0.2) is 0 Å². The first-order valence-corrected chi connectivity index (χ1v) is 7.55. The van der Waals surface area contributed by atoms with Crippen molar-refractivity contribution in [2.24, 2.45) is 0 Å². The number of rotatable bonds is 4. The molecule has 1 aromatic carbocycles. The van der Waals surface area contributed by atoms with E-state index < -0.39 is 0 Å². The summed E-state index contributed by atoms with van der Waals surface area (Å²) in [7, 11) is 0. The van der Waals surface area contributed by atoms with Crippen LogP contribution in [0.3, 0.4) is 0 Å². The molecule has 3 rings (SSSR count). The number of nitrogens with one attached hydrogen (secondary N) is 1. The highest BCUT2D eigenvalue weighted by Gasteiger charge is 2.10. The van der Waals surface area contributed by atoms with Gasteiger partial charge >= 0.3 is 0 Å². The predicted molar refractivity (Wildman–Crippen MR) is 78.1 cm³/mol. The van der Waals surface area contributed by atoms with Crippen molar-refractivity contribution in [2.45, 2.75) is 39.3 Å². The lowest BCUT2D eigenvalue weighted by molar-refractivity contribution is 0.698. The predicted octanol–water partition coefficient (Wildman–Crippen LogP) is 3.84. The third kappa shape index (κ3) is 2.50. The maximum absolute atomic E-state index is 3.55. The van der Waals surface area contributed by atoms with Gasteiger partial charge in [0, 0.05) is 18.0 Å². The summed E-state index contributed by atoms with van der Waals surface area (Å²) in [5, 5.41) is 5.71. The molecule has 0 fully saturated rings. The lowest BCUT2D eigenvalue weighted by atomic mass is 10.1. The Bertz CT molecular complexity index is 542. The lowest BCUT2D eigenvalue weighted by Gasteiger charge is -2.07. The fourth-order valence-electron chi connectivity index (χ4n) is 2.64. The number of hydrogen-bond acceptors (Lipinski definition) is 2. The molecule has 0 bridgehead atoms. The maximum atomic E-state index is 3.55. The van der Waals surface area contributed by atoms with Gasteiger partial charge in [0.15, 0.2) is 0 Å². The second-order valence-electron chi connectivity index (χ2n) is 5.09. The third-order valence-corrected chi connectivity index (χ3v) is 4.77. The van der Waals surface area contributed by atoms with E-state index in [0.717, 1.165) is 13.1 Å². The highest BCUT2D eigenvalue weighted by molar-refractivity contribution is 7.10. The van der Waals surface area contributed by atoms with Crippen LogP contribution in [0.2, 0.25) is 0 Å². The van der Waals surface area contributed by atoms with Gasteiger partial charge in [-0.15, -0.1) is 11.3 Å². The average Bonchev–Trinajstić information content (AvgIpc) is 2.98. The van der Waals surface area contributed by atoms with E-state index in [-0.39, 0.29) is 0 Å². The Morgan fingerprint density at radius 2 is 2.00 bits per heavy atom. The molecule has 0 aliphatic heterocycles. The molecule has 0 amide bonds. The standard InChI is InChI=1S/C16H19NS/c1-12-7-8-18-16(12)11-17-10-13-5-6-14-3-2-4-15(14)9-13/h5-9,17H,2-4,10-11H2,1H3. The molecule has 1 aromatic heterocycles. The van der Waals surface area contributed by atoms with Crippen molar-refractivity contribution in [3.63, 3.8) is 0 Å². The van der Waals surface area contributed by atoms with E-state index in [9.17, 15) is 0 Å². The molecule has 0 radical (unpaired) electrons. The first-order valence-electron chi connectivity index (χ1n) is 6.67. The fourth-order valence-corrected chi connectivity index (χ4v) is 3.52. The SMILES string of the molecule is Cc1ccsc1CNCc1ccc2c(c1)CCC2. The molecule has 1 nitrogen and oxygen atoms in total. The molecule has 18 heavy (non-hydrogen) atoms. The number of benzene rings is 1. The van der Waals surface area contributed by atoms with Crippen molar-refractivity contribution in [2.75, 3.05) is 0 Å². The Morgan fingerprint density at radius 3 is 2.83 bits per heavy atom. The van der Waals surface area contributed by atoms with E-state index in [4.69, 9.17) is 0 Å². The van der Waals surface area contributed by atoms with Gasteiger partial charge in [0.05, 0.1) is 0 Å². The van der Waals surface area contributed by atoms with Gasteiger partial charge in [0.2, 0.25) is 0 Å². The molecule has 1 aliphatic carbocycles. The third-order valence-electron chi connectivity index (χ3n) is 3.75.